The highest BCUT2D eigenvalue weighted by atomic mass is 35.5. The van der Waals surface area contributed by atoms with Gasteiger partial charge in [-0.25, -0.2) is 4.79 Å². The molecule has 1 aliphatic rings. The molecule has 1 aliphatic heterocycles. The van der Waals surface area contributed by atoms with Gasteiger partial charge in [0.05, 0.1) is 22.2 Å². The molecule has 1 heterocycles. The minimum atomic E-state index is -4.26. The van der Waals surface area contributed by atoms with Gasteiger partial charge in [-0.1, -0.05) is 17.7 Å². The molecule has 0 amide bonds. The quantitative estimate of drug-likeness (QED) is 0.908. The molecule has 0 aliphatic carbocycles. The summed E-state index contributed by atoms with van der Waals surface area (Å²) in [4.78, 5) is 12.5. The first-order valence-corrected chi connectivity index (χ1v) is 6.02. The molecule has 1 saturated heterocycles. The van der Waals surface area contributed by atoms with E-state index in [1.807, 2.05) is 0 Å². The smallest absolute Gasteiger partial charge is 0.393 e. The number of aromatic carboxylic acids is 1. The average Bonchev–Trinajstić information content (AvgIpc) is 2.77. The van der Waals surface area contributed by atoms with Crippen LogP contribution in [0.2, 0.25) is 5.02 Å². The first kappa shape index (κ1) is 14.0. The van der Waals surface area contributed by atoms with Crippen LogP contribution in [0.5, 0.6) is 0 Å². The van der Waals surface area contributed by atoms with Gasteiger partial charge >= 0.3 is 12.1 Å². The number of alkyl halides is 3. The Morgan fingerprint density at radius 1 is 1.42 bits per heavy atom. The van der Waals surface area contributed by atoms with Crippen molar-refractivity contribution in [3.05, 3.63) is 28.8 Å². The number of nitrogens with zero attached hydrogens (tertiary/aromatic N) is 1. The standard InChI is InChI=1S/C12H11ClF3NO2/c13-9-3-1-2-8(11(18)19)10(9)17-5-4-7(6-17)12(14,15)16/h1-3,7H,4-6H2,(H,18,19). The van der Waals surface area contributed by atoms with Crippen LogP contribution in [0.1, 0.15) is 16.8 Å². The van der Waals surface area contributed by atoms with Crippen LogP contribution in [0.4, 0.5) is 18.9 Å². The molecule has 0 radical (unpaired) electrons. The first-order valence-electron chi connectivity index (χ1n) is 5.64. The normalized spacial score (nSPS) is 19.8. The molecule has 0 bridgehead atoms. The molecule has 0 aromatic heterocycles. The van der Waals surface area contributed by atoms with Gasteiger partial charge in [0.25, 0.3) is 0 Å². The van der Waals surface area contributed by atoms with E-state index in [2.05, 4.69) is 0 Å². The predicted molar refractivity (Wildman–Crippen MR) is 64.8 cm³/mol. The van der Waals surface area contributed by atoms with E-state index in [0.717, 1.165) is 0 Å². The second kappa shape index (κ2) is 4.92. The molecule has 1 fully saturated rings. The Bertz CT molecular complexity index is 504. The van der Waals surface area contributed by atoms with Gasteiger partial charge < -0.3 is 10.0 Å². The SMILES string of the molecule is O=C(O)c1cccc(Cl)c1N1CCC(C(F)(F)F)C1. The van der Waals surface area contributed by atoms with Gasteiger partial charge in [-0.2, -0.15) is 13.2 Å². The highest BCUT2D eigenvalue weighted by molar-refractivity contribution is 6.34. The molecule has 1 atom stereocenters. The van der Waals surface area contributed by atoms with E-state index in [4.69, 9.17) is 16.7 Å². The van der Waals surface area contributed by atoms with Crippen molar-refractivity contribution in [3.63, 3.8) is 0 Å². The second-order valence-electron chi connectivity index (χ2n) is 4.41. The van der Waals surface area contributed by atoms with Gasteiger partial charge in [0.2, 0.25) is 0 Å². The molecule has 1 N–H and O–H groups in total. The average molecular weight is 294 g/mol. The number of carbonyl (C=O) groups is 1. The van der Waals surface area contributed by atoms with Gasteiger partial charge in [-0.3, -0.25) is 0 Å². The Labute approximate surface area is 112 Å². The lowest BCUT2D eigenvalue weighted by atomic mass is 10.1. The van der Waals surface area contributed by atoms with Crippen molar-refractivity contribution < 1.29 is 23.1 Å². The molecule has 0 spiro atoms. The number of hydrogen-bond acceptors (Lipinski definition) is 2. The third-order valence-corrected chi connectivity index (χ3v) is 3.49. The van der Waals surface area contributed by atoms with E-state index in [1.54, 1.807) is 0 Å². The second-order valence-corrected chi connectivity index (χ2v) is 4.82. The lowest BCUT2D eigenvalue weighted by Gasteiger charge is -2.22. The summed E-state index contributed by atoms with van der Waals surface area (Å²) < 4.78 is 37.9. The number of para-hydroxylation sites is 1. The zero-order valence-corrected chi connectivity index (χ0v) is 10.5. The molecular formula is C12H11ClF3NO2. The number of hydrogen-bond donors (Lipinski definition) is 1. The fraction of sp³-hybridized carbons (Fsp3) is 0.417. The minimum Gasteiger partial charge on any atom is -0.478 e. The van der Waals surface area contributed by atoms with Gasteiger partial charge in [0.1, 0.15) is 0 Å². The number of anilines is 1. The lowest BCUT2D eigenvalue weighted by Crippen LogP contribution is -2.28. The maximum atomic E-state index is 12.6. The van der Waals surface area contributed by atoms with E-state index < -0.39 is 18.1 Å². The van der Waals surface area contributed by atoms with Crippen molar-refractivity contribution in [2.24, 2.45) is 5.92 Å². The maximum absolute atomic E-state index is 12.6. The number of carboxylic acids is 1. The number of benzene rings is 1. The predicted octanol–water partition coefficient (Wildman–Crippen LogP) is 3.43. The van der Waals surface area contributed by atoms with Crippen LogP contribution < -0.4 is 4.90 Å². The lowest BCUT2D eigenvalue weighted by molar-refractivity contribution is -0.168. The molecule has 1 aromatic carbocycles. The minimum absolute atomic E-state index is 0.0478. The highest BCUT2D eigenvalue weighted by Crippen LogP contribution is 2.39. The molecule has 19 heavy (non-hydrogen) atoms. The van der Waals surface area contributed by atoms with Crippen molar-refractivity contribution in [2.75, 3.05) is 18.0 Å². The van der Waals surface area contributed by atoms with Crippen molar-refractivity contribution in [2.45, 2.75) is 12.6 Å². The van der Waals surface area contributed by atoms with Crippen LogP contribution in [-0.2, 0) is 0 Å². The zero-order valence-electron chi connectivity index (χ0n) is 9.75. The highest BCUT2D eigenvalue weighted by Gasteiger charge is 2.44. The number of carboxylic acid groups (broad SMARTS) is 1. The van der Waals surface area contributed by atoms with Crippen molar-refractivity contribution in [3.8, 4) is 0 Å². The Balaban J connectivity index is 2.32. The summed E-state index contributed by atoms with van der Waals surface area (Å²) in [7, 11) is 0. The van der Waals surface area contributed by atoms with Crippen molar-refractivity contribution in [1.29, 1.82) is 0 Å². The van der Waals surface area contributed by atoms with Crippen LogP contribution in [0.3, 0.4) is 0 Å². The fourth-order valence-electron chi connectivity index (χ4n) is 2.24. The monoisotopic (exact) mass is 293 g/mol. The molecule has 2 rings (SSSR count). The van der Waals surface area contributed by atoms with E-state index in [-0.39, 0.29) is 35.8 Å². The van der Waals surface area contributed by atoms with Crippen LogP contribution in [0, 0.1) is 5.92 Å². The van der Waals surface area contributed by atoms with E-state index >= 15 is 0 Å². The van der Waals surface area contributed by atoms with Crippen LogP contribution >= 0.6 is 11.6 Å². The fourth-order valence-corrected chi connectivity index (χ4v) is 2.53. The molecule has 1 aromatic rings. The van der Waals surface area contributed by atoms with E-state index in [9.17, 15) is 18.0 Å². The van der Waals surface area contributed by atoms with Crippen LogP contribution in [0.25, 0.3) is 0 Å². The third kappa shape index (κ3) is 2.78. The number of halogens is 4. The summed E-state index contributed by atoms with van der Waals surface area (Å²) in [5, 5.41) is 9.22. The topological polar surface area (TPSA) is 40.5 Å². The first-order chi connectivity index (χ1) is 8.80. The van der Waals surface area contributed by atoms with Gasteiger partial charge in [-0.15, -0.1) is 0 Å². The Kier molecular flexibility index (Phi) is 3.62. The van der Waals surface area contributed by atoms with Crippen LogP contribution in [-0.4, -0.2) is 30.3 Å². The Morgan fingerprint density at radius 3 is 2.63 bits per heavy atom. The largest absolute Gasteiger partial charge is 0.478 e. The Hall–Kier alpha value is -1.43. The molecule has 0 saturated carbocycles. The molecule has 7 heteroatoms. The van der Waals surface area contributed by atoms with Gasteiger partial charge in [-0.05, 0) is 18.6 Å². The molecule has 3 nitrogen and oxygen atoms in total. The summed E-state index contributed by atoms with van der Waals surface area (Å²) in [6.45, 7) is -0.109. The van der Waals surface area contributed by atoms with E-state index in [1.165, 1.54) is 23.1 Å². The summed E-state index contributed by atoms with van der Waals surface area (Å²) in [5.41, 5.74) is 0.0961. The van der Waals surface area contributed by atoms with Crippen molar-refractivity contribution >= 4 is 23.3 Å². The molecular weight excluding hydrogens is 283 g/mol. The van der Waals surface area contributed by atoms with Gasteiger partial charge in [0.15, 0.2) is 0 Å². The third-order valence-electron chi connectivity index (χ3n) is 3.18. The van der Waals surface area contributed by atoms with Crippen LogP contribution in [0.15, 0.2) is 18.2 Å². The summed E-state index contributed by atoms with van der Waals surface area (Å²) in [6, 6.07) is 4.28. The number of rotatable bonds is 2. The Morgan fingerprint density at radius 2 is 2.11 bits per heavy atom. The summed E-state index contributed by atoms with van der Waals surface area (Å²) in [5.74, 6) is -2.64. The maximum Gasteiger partial charge on any atom is 0.393 e. The van der Waals surface area contributed by atoms with Gasteiger partial charge in [0, 0.05) is 13.1 Å². The summed E-state index contributed by atoms with van der Waals surface area (Å²) in [6.07, 6.45) is -4.31. The van der Waals surface area contributed by atoms with E-state index in [0.29, 0.717) is 0 Å². The van der Waals surface area contributed by atoms with Crippen molar-refractivity contribution in [1.82, 2.24) is 0 Å². The molecule has 1 unspecified atom stereocenters. The summed E-state index contributed by atoms with van der Waals surface area (Å²) >= 11 is 5.93. The zero-order chi connectivity index (χ0) is 14.2. The molecule has 104 valence electrons.